The quantitative estimate of drug-likeness (QED) is 0.717. The number of ether oxygens (including phenoxy) is 3. The minimum atomic E-state index is -0.570. The van der Waals surface area contributed by atoms with Crippen molar-refractivity contribution in [3.05, 3.63) is 53.6 Å². The number of rotatable bonds is 9. The maximum Gasteiger partial charge on any atom is 0.255 e. The van der Waals surface area contributed by atoms with Crippen molar-refractivity contribution in [2.75, 3.05) is 25.6 Å². The van der Waals surface area contributed by atoms with Crippen molar-refractivity contribution in [2.24, 2.45) is 5.73 Å². The first-order chi connectivity index (χ1) is 12.5. The summed E-state index contributed by atoms with van der Waals surface area (Å²) in [5.74, 6) is 0.252. The molecule has 0 unspecified atom stereocenters. The van der Waals surface area contributed by atoms with Crippen molar-refractivity contribution < 1.29 is 23.8 Å². The Hall–Kier alpha value is -3.06. The Morgan fingerprint density at radius 1 is 1.15 bits per heavy atom. The second-order valence-corrected chi connectivity index (χ2v) is 5.40. The molecular formula is C19H22N2O5. The van der Waals surface area contributed by atoms with E-state index in [4.69, 9.17) is 19.9 Å². The van der Waals surface area contributed by atoms with Gasteiger partial charge in [-0.2, -0.15) is 0 Å². The second kappa shape index (κ2) is 9.43. The van der Waals surface area contributed by atoms with Crippen LogP contribution >= 0.6 is 0 Å². The summed E-state index contributed by atoms with van der Waals surface area (Å²) in [7, 11) is 1.57. The molecule has 7 nitrogen and oxygen atoms in total. The fraction of sp³-hybridized carbons (Fsp3) is 0.263. The minimum absolute atomic E-state index is 0.226. The van der Waals surface area contributed by atoms with Crippen LogP contribution in [-0.4, -0.2) is 32.1 Å². The average molecular weight is 358 g/mol. The average Bonchev–Trinajstić information content (AvgIpc) is 2.64. The predicted molar refractivity (Wildman–Crippen MR) is 97.4 cm³/mol. The topological polar surface area (TPSA) is 99.9 Å². The van der Waals surface area contributed by atoms with Crippen molar-refractivity contribution >= 4 is 17.5 Å². The summed E-state index contributed by atoms with van der Waals surface area (Å²) in [4.78, 5) is 23.3. The molecule has 0 bridgehead atoms. The van der Waals surface area contributed by atoms with Gasteiger partial charge < -0.3 is 25.3 Å². The molecule has 0 aromatic heterocycles. The van der Waals surface area contributed by atoms with E-state index < -0.39 is 5.91 Å². The Kier molecular flexibility index (Phi) is 6.99. The van der Waals surface area contributed by atoms with Gasteiger partial charge in [0.2, 0.25) is 0 Å². The van der Waals surface area contributed by atoms with E-state index in [-0.39, 0.29) is 12.5 Å². The summed E-state index contributed by atoms with van der Waals surface area (Å²) >= 11 is 0. The number of methoxy groups -OCH3 is 1. The predicted octanol–water partition coefficient (Wildman–Crippen LogP) is 2.35. The van der Waals surface area contributed by atoms with Gasteiger partial charge in [-0.25, -0.2) is 0 Å². The number of amides is 2. The van der Waals surface area contributed by atoms with E-state index in [1.54, 1.807) is 49.6 Å². The minimum Gasteiger partial charge on any atom is -0.496 e. The zero-order valence-corrected chi connectivity index (χ0v) is 14.8. The highest BCUT2D eigenvalue weighted by atomic mass is 16.5. The molecule has 0 aliphatic carbocycles. The lowest BCUT2D eigenvalue weighted by Crippen LogP contribution is -2.20. The number of nitrogens with two attached hydrogens (primary N) is 1. The van der Waals surface area contributed by atoms with E-state index >= 15 is 0 Å². The van der Waals surface area contributed by atoms with Gasteiger partial charge in [0.25, 0.3) is 11.8 Å². The molecule has 0 heterocycles. The number of anilines is 1. The Balaban J connectivity index is 2.11. The first-order valence-corrected chi connectivity index (χ1v) is 8.10. The number of carbonyl (C=O) groups excluding carboxylic acids is 2. The molecule has 2 aromatic rings. The number of primary amides is 1. The van der Waals surface area contributed by atoms with Crippen LogP contribution in [0.5, 0.6) is 11.5 Å². The summed E-state index contributed by atoms with van der Waals surface area (Å²) in [6.07, 6.45) is 0. The highest BCUT2D eigenvalue weighted by Crippen LogP contribution is 2.22. The van der Waals surface area contributed by atoms with E-state index in [9.17, 15) is 9.59 Å². The van der Waals surface area contributed by atoms with Crippen molar-refractivity contribution in [3.8, 4) is 11.5 Å². The first-order valence-electron chi connectivity index (χ1n) is 8.10. The molecule has 0 aliphatic rings. The zero-order chi connectivity index (χ0) is 18.9. The van der Waals surface area contributed by atoms with Gasteiger partial charge in [-0.15, -0.1) is 0 Å². The van der Waals surface area contributed by atoms with E-state index in [1.807, 2.05) is 6.92 Å². The van der Waals surface area contributed by atoms with Gasteiger partial charge in [0.05, 0.1) is 13.7 Å². The molecule has 0 spiro atoms. The van der Waals surface area contributed by atoms with Crippen LogP contribution in [0.25, 0.3) is 0 Å². The Morgan fingerprint density at radius 3 is 2.65 bits per heavy atom. The van der Waals surface area contributed by atoms with Crippen molar-refractivity contribution in [3.63, 3.8) is 0 Å². The lowest BCUT2D eigenvalue weighted by molar-refractivity contribution is -0.119. The molecule has 0 saturated heterocycles. The van der Waals surface area contributed by atoms with Gasteiger partial charge in [-0.3, -0.25) is 9.59 Å². The summed E-state index contributed by atoms with van der Waals surface area (Å²) in [6, 6.07) is 11.9. The van der Waals surface area contributed by atoms with Crippen LogP contribution in [-0.2, 0) is 16.1 Å². The van der Waals surface area contributed by atoms with E-state index in [1.165, 1.54) is 0 Å². The maximum atomic E-state index is 12.5. The standard InChI is InChI=1S/C19H22N2O5/c1-3-25-11-14-9-13(7-8-17(14)24-2)19(23)21-15-5-4-6-16(10-15)26-12-18(20)22/h4-10H,3,11-12H2,1-2H3,(H2,20,22)(H,21,23). The van der Waals surface area contributed by atoms with Crippen LogP contribution in [0, 0.1) is 0 Å². The monoisotopic (exact) mass is 358 g/mol. The molecule has 2 aromatic carbocycles. The van der Waals surface area contributed by atoms with Crippen LogP contribution < -0.4 is 20.5 Å². The molecule has 26 heavy (non-hydrogen) atoms. The fourth-order valence-corrected chi connectivity index (χ4v) is 2.27. The summed E-state index contributed by atoms with van der Waals surface area (Å²) < 4.78 is 15.9. The highest BCUT2D eigenvalue weighted by molar-refractivity contribution is 6.04. The molecule has 0 atom stereocenters. The van der Waals surface area contributed by atoms with Crippen LogP contribution in [0.4, 0.5) is 5.69 Å². The molecule has 0 fully saturated rings. The van der Waals surface area contributed by atoms with Crippen LogP contribution in [0.1, 0.15) is 22.8 Å². The normalized spacial score (nSPS) is 10.2. The number of hydrogen-bond donors (Lipinski definition) is 2. The van der Waals surface area contributed by atoms with Gasteiger partial charge in [0.15, 0.2) is 6.61 Å². The Morgan fingerprint density at radius 2 is 1.96 bits per heavy atom. The second-order valence-electron chi connectivity index (χ2n) is 5.40. The van der Waals surface area contributed by atoms with E-state index in [2.05, 4.69) is 5.32 Å². The van der Waals surface area contributed by atoms with Crippen molar-refractivity contribution in [2.45, 2.75) is 13.5 Å². The molecule has 138 valence electrons. The van der Waals surface area contributed by atoms with Crippen molar-refractivity contribution in [1.82, 2.24) is 0 Å². The van der Waals surface area contributed by atoms with Gasteiger partial charge in [0.1, 0.15) is 11.5 Å². The third-order valence-electron chi connectivity index (χ3n) is 3.48. The number of nitrogens with one attached hydrogen (secondary N) is 1. The molecule has 3 N–H and O–H groups in total. The van der Waals surface area contributed by atoms with E-state index in [0.29, 0.717) is 36.0 Å². The zero-order valence-electron chi connectivity index (χ0n) is 14.8. The Labute approximate surface area is 152 Å². The molecule has 0 radical (unpaired) electrons. The lowest BCUT2D eigenvalue weighted by Gasteiger charge is -2.12. The number of benzene rings is 2. The van der Waals surface area contributed by atoms with Crippen LogP contribution in [0.2, 0.25) is 0 Å². The van der Waals surface area contributed by atoms with Gasteiger partial charge in [-0.1, -0.05) is 6.07 Å². The van der Waals surface area contributed by atoms with E-state index in [0.717, 1.165) is 5.56 Å². The Bertz CT molecular complexity index is 776. The highest BCUT2D eigenvalue weighted by Gasteiger charge is 2.11. The van der Waals surface area contributed by atoms with Crippen LogP contribution in [0.3, 0.4) is 0 Å². The molecule has 0 saturated carbocycles. The van der Waals surface area contributed by atoms with Gasteiger partial charge in [-0.05, 0) is 37.3 Å². The van der Waals surface area contributed by atoms with Gasteiger partial charge in [0, 0.05) is 29.5 Å². The SMILES string of the molecule is CCOCc1cc(C(=O)Nc2cccc(OCC(N)=O)c2)ccc1OC. The van der Waals surface area contributed by atoms with Gasteiger partial charge >= 0.3 is 0 Å². The lowest BCUT2D eigenvalue weighted by atomic mass is 10.1. The fourth-order valence-electron chi connectivity index (χ4n) is 2.27. The first kappa shape index (κ1) is 19.3. The smallest absolute Gasteiger partial charge is 0.255 e. The number of carbonyl (C=O) groups is 2. The summed E-state index contributed by atoms with van der Waals surface area (Å²) in [6.45, 7) is 2.60. The molecule has 0 aliphatic heterocycles. The number of hydrogen-bond acceptors (Lipinski definition) is 5. The van der Waals surface area contributed by atoms with Crippen molar-refractivity contribution in [1.29, 1.82) is 0 Å². The van der Waals surface area contributed by atoms with Crippen LogP contribution in [0.15, 0.2) is 42.5 Å². The summed E-state index contributed by atoms with van der Waals surface area (Å²) in [5.41, 5.74) is 6.86. The largest absolute Gasteiger partial charge is 0.496 e. The third kappa shape index (κ3) is 5.49. The molecule has 2 rings (SSSR count). The molecule has 7 heteroatoms. The molecular weight excluding hydrogens is 336 g/mol. The summed E-state index contributed by atoms with van der Waals surface area (Å²) in [5, 5.41) is 2.79. The third-order valence-corrected chi connectivity index (χ3v) is 3.48. The maximum absolute atomic E-state index is 12.5. The molecule has 2 amide bonds.